The van der Waals surface area contributed by atoms with Crippen LogP contribution in [0.25, 0.3) is 0 Å². The van der Waals surface area contributed by atoms with Crippen LogP contribution >= 0.6 is 27.7 Å². The number of carbonyl (C=O) groups excluding carboxylic acids is 1. The minimum atomic E-state index is -0.209. The number of aliphatic imine (C=N–C) groups is 2. The Bertz CT molecular complexity index is 771. The highest BCUT2D eigenvalue weighted by Crippen LogP contribution is 2.30. The molecule has 1 aromatic carbocycles. The van der Waals surface area contributed by atoms with Crippen LogP contribution in [0.3, 0.4) is 0 Å². The number of rotatable bonds is 3. The SMILES string of the molecule is C=CSC(=NC)C1=NCC(C(C)=O)=C2CCCN12.Fc1cccc(Br)c1. The van der Waals surface area contributed by atoms with Crippen molar-refractivity contribution in [3.63, 3.8) is 0 Å². The van der Waals surface area contributed by atoms with Crippen LogP contribution < -0.4 is 0 Å². The molecule has 1 aromatic rings. The second-order valence-corrected chi connectivity index (χ2v) is 7.50. The molecule has 1 saturated heterocycles. The van der Waals surface area contributed by atoms with Crippen molar-refractivity contribution in [2.24, 2.45) is 9.98 Å². The molecular formula is C19H21BrFN3OS. The van der Waals surface area contributed by atoms with Gasteiger partial charge in [0.05, 0.1) is 6.54 Å². The van der Waals surface area contributed by atoms with Crippen molar-refractivity contribution in [2.45, 2.75) is 19.8 Å². The molecule has 0 saturated carbocycles. The van der Waals surface area contributed by atoms with Crippen LogP contribution in [0, 0.1) is 5.82 Å². The van der Waals surface area contributed by atoms with E-state index in [0.717, 1.165) is 46.0 Å². The van der Waals surface area contributed by atoms with Crippen LogP contribution in [0.2, 0.25) is 0 Å². The summed E-state index contributed by atoms with van der Waals surface area (Å²) in [5, 5.41) is 2.62. The van der Waals surface area contributed by atoms with E-state index in [2.05, 4.69) is 37.4 Å². The number of hydrogen-bond acceptors (Lipinski definition) is 5. The van der Waals surface area contributed by atoms with Crippen LogP contribution in [0.15, 0.2) is 62.0 Å². The van der Waals surface area contributed by atoms with E-state index in [0.29, 0.717) is 6.54 Å². The molecule has 4 nitrogen and oxygen atoms in total. The first kappa shape index (κ1) is 20.6. The van der Waals surface area contributed by atoms with Crippen LogP contribution in [0.1, 0.15) is 19.8 Å². The quantitative estimate of drug-likeness (QED) is 0.502. The second-order valence-electron chi connectivity index (χ2n) is 5.63. The molecule has 0 N–H and O–H groups in total. The van der Waals surface area contributed by atoms with Crippen molar-refractivity contribution < 1.29 is 9.18 Å². The Hall–Kier alpha value is -1.73. The zero-order valence-corrected chi connectivity index (χ0v) is 17.2. The molecule has 7 heteroatoms. The van der Waals surface area contributed by atoms with E-state index in [1.54, 1.807) is 31.5 Å². The number of nitrogens with zero attached hydrogens (tertiary/aromatic N) is 3. The molecular weight excluding hydrogens is 417 g/mol. The second kappa shape index (κ2) is 9.83. The Kier molecular flexibility index (Phi) is 7.78. The maximum atomic E-state index is 12.1. The molecule has 0 atom stereocenters. The zero-order chi connectivity index (χ0) is 19.1. The normalized spacial score (nSPS) is 16.5. The van der Waals surface area contributed by atoms with Crippen molar-refractivity contribution in [2.75, 3.05) is 20.1 Å². The number of ketones is 1. The minimum Gasteiger partial charge on any atom is -0.328 e. The van der Waals surface area contributed by atoms with E-state index in [-0.39, 0.29) is 11.6 Å². The molecule has 0 bridgehead atoms. The summed E-state index contributed by atoms with van der Waals surface area (Å²) < 4.78 is 12.9. The fourth-order valence-electron chi connectivity index (χ4n) is 2.79. The Balaban J connectivity index is 0.000000254. The van der Waals surface area contributed by atoms with Gasteiger partial charge in [-0.25, -0.2) is 4.39 Å². The number of carbonyl (C=O) groups is 1. The minimum absolute atomic E-state index is 0.131. The molecule has 0 spiro atoms. The van der Waals surface area contributed by atoms with Gasteiger partial charge in [-0.05, 0) is 43.4 Å². The zero-order valence-electron chi connectivity index (χ0n) is 14.8. The lowest BCUT2D eigenvalue weighted by Crippen LogP contribution is -2.36. The molecule has 0 amide bonds. The fourth-order valence-corrected chi connectivity index (χ4v) is 3.71. The molecule has 138 valence electrons. The van der Waals surface area contributed by atoms with Gasteiger partial charge in [0.25, 0.3) is 0 Å². The van der Waals surface area contributed by atoms with Crippen LogP contribution in [0.5, 0.6) is 0 Å². The van der Waals surface area contributed by atoms with Gasteiger partial charge in [0.2, 0.25) is 0 Å². The number of benzene rings is 1. The van der Waals surface area contributed by atoms with Crippen molar-refractivity contribution in [3.8, 4) is 0 Å². The average molecular weight is 438 g/mol. The van der Waals surface area contributed by atoms with Gasteiger partial charge in [-0.15, -0.1) is 0 Å². The highest BCUT2D eigenvalue weighted by Gasteiger charge is 2.31. The fraction of sp³-hybridized carbons (Fsp3) is 0.316. The number of allylic oxidation sites excluding steroid dienone is 1. The van der Waals surface area contributed by atoms with Gasteiger partial charge < -0.3 is 4.90 Å². The molecule has 0 aliphatic carbocycles. The van der Waals surface area contributed by atoms with Gasteiger partial charge in [0, 0.05) is 29.3 Å². The van der Waals surface area contributed by atoms with Crippen molar-refractivity contribution in [1.29, 1.82) is 0 Å². The van der Waals surface area contributed by atoms with E-state index in [4.69, 9.17) is 0 Å². The molecule has 0 aromatic heterocycles. The standard InChI is InChI=1S/C13H17N3OS.C6H4BrF/c1-4-18-13(14-3)12-15-8-10(9(2)17)11-6-5-7-16(11)12;7-5-2-1-3-6(8)4-5/h4H,1,5-8H2,2-3H3;1-4H. The predicted octanol–water partition coefficient (Wildman–Crippen LogP) is 4.83. The number of thioether (sulfide) groups is 1. The maximum Gasteiger partial charge on any atom is 0.161 e. The monoisotopic (exact) mass is 437 g/mol. The van der Waals surface area contributed by atoms with Gasteiger partial charge in [0.1, 0.15) is 10.9 Å². The van der Waals surface area contributed by atoms with Crippen molar-refractivity contribution >= 4 is 44.4 Å². The summed E-state index contributed by atoms with van der Waals surface area (Å²) in [5.74, 6) is 0.810. The van der Waals surface area contributed by atoms with Crippen LogP contribution in [-0.2, 0) is 4.79 Å². The molecule has 2 heterocycles. The largest absolute Gasteiger partial charge is 0.328 e. The van der Waals surface area contributed by atoms with Crippen molar-refractivity contribution in [3.05, 3.63) is 57.8 Å². The first-order chi connectivity index (χ1) is 12.5. The molecule has 0 unspecified atom stereocenters. The first-order valence-electron chi connectivity index (χ1n) is 8.18. The number of halogens is 2. The number of amidine groups is 1. The molecule has 1 fully saturated rings. The smallest absolute Gasteiger partial charge is 0.161 e. The maximum absolute atomic E-state index is 12.1. The topological polar surface area (TPSA) is 45.0 Å². The van der Waals surface area contributed by atoms with Gasteiger partial charge in [-0.1, -0.05) is 40.3 Å². The highest BCUT2D eigenvalue weighted by atomic mass is 79.9. The highest BCUT2D eigenvalue weighted by molar-refractivity contribution is 9.10. The van der Waals surface area contributed by atoms with Gasteiger partial charge in [0.15, 0.2) is 11.6 Å². The summed E-state index contributed by atoms with van der Waals surface area (Å²) in [6, 6.07) is 6.26. The van der Waals surface area contributed by atoms with Gasteiger partial charge in [-0.2, -0.15) is 0 Å². The summed E-state index contributed by atoms with van der Waals surface area (Å²) in [6.45, 7) is 6.73. The Morgan fingerprint density at radius 3 is 2.81 bits per heavy atom. The van der Waals surface area contributed by atoms with E-state index >= 15 is 0 Å². The molecule has 2 aliphatic heterocycles. The third-order valence-corrected chi connectivity index (χ3v) is 5.16. The molecule has 0 radical (unpaired) electrons. The third-order valence-electron chi connectivity index (χ3n) is 3.91. The summed E-state index contributed by atoms with van der Waals surface area (Å²) >= 11 is 4.60. The summed E-state index contributed by atoms with van der Waals surface area (Å²) in [4.78, 5) is 22.5. The van der Waals surface area contributed by atoms with E-state index in [1.807, 2.05) is 0 Å². The third kappa shape index (κ3) is 5.14. The average Bonchev–Trinajstić information content (AvgIpc) is 3.09. The lowest BCUT2D eigenvalue weighted by atomic mass is 10.1. The van der Waals surface area contributed by atoms with E-state index < -0.39 is 0 Å². The van der Waals surface area contributed by atoms with Gasteiger partial charge >= 0.3 is 0 Å². The van der Waals surface area contributed by atoms with E-state index in [9.17, 15) is 9.18 Å². The van der Waals surface area contributed by atoms with Crippen LogP contribution in [-0.4, -0.2) is 41.7 Å². The number of Topliss-reactive ketones (excluding diaryl/α,β-unsaturated/α-hetero) is 1. The predicted molar refractivity (Wildman–Crippen MR) is 111 cm³/mol. The molecule has 26 heavy (non-hydrogen) atoms. The lowest BCUT2D eigenvalue weighted by Gasteiger charge is -2.28. The Labute approximate surface area is 166 Å². The summed E-state index contributed by atoms with van der Waals surface area (Å²) in [6.07, 6.45) is 2.03. The number of fused-ring (bicyclic) bond motifs is 1. The summed E-state index contributed by atoms with van der Waals surface area (Å²) in [5.41, 5.74) is 1.99. The van der Waals surface area contributed by atoms with Crippen LogP contribution in [0.4, 0.5) is 4.39 Å². The van der Waals surface area contributed by atoms with E-state index in [1.165, 1.54) is 23.9 Å². The lowest BCUT2D eigenvalue weighted by molar-refractivity contribution is -0.113. The number of hydrogen-bond donors (Lipinski definition) is 0. The van der Waals surface area contributed by atoms with Crippen molar-refractivity contribution in [1.82, 2.24) is 4.90 Å². The first-order valence-corrected chi connectivity index (χ1v) is 9.86. The molecule has 3 rings (SSSR count). The van der Waals surface area contributed by atoms with Gasteiger partial charge in [-0.3, -0.25) is 14.8 Å². The molecule has 2 aliphatic rings. The Morgan fingerprint density at radius 1 is 1.50 bits per heavy atom. The Morgan fingerprint density at radius 2 is 2.27 bits per heavy atom. The summed E-state index contributed by atoms with van der Waals surface area (Å²) in [7, 11) is 1.76.